The minimum absolute atomic E-state index is 0.0476. The molecule has 1 aliphatic rings. The van der Waals surface area contributed by atoms with Crippen molar-refractivity contribution in [2.24, 2.45) is 0 Å². The Hall–Kier alpha value is -3.75. The lowest BCUT2D eigenvalue weighted by molar-refractivity contribution is 0.0664. The number of fused-ring (bicyclic) bond motifs is 1. The van der Waals surface area contributed by atoms with Gasteiger partial charge in [0.05, 0.1) is 22.3 Å². The maximum atomic E-state index is 13.6. The van der Waals surface area contributed by atoms with Crippen molar-refractivity contribution in [2.45, 2.75) is 5.16 Å². The Kier molecular flexibility index (Phi) is 6.97. The first-order valence-electron chi connectivity index (χ1n) is 11.8. The number of carbonyl (C=O) groups is 2. The summed E-state index contributed by atoms with van der Waals surface area (Å²) in [6.07, 6.45) is 0. The molecule has 2 heterocycles. The van der Waals surface area contributed by atoms with Gasteiger partial charge in [0, 0.05) is 37.3 Å². The molecule has 1 aliphatic heterocycles. The molecule has 0 saturated carbocycles. The van der Waals surface area contributed by atoms with Crippen LogP contribution >= 0.6 is 11.8 Å². The van der Waals surface area contributed by atoms with Crippen LogP contribution in [-0.4, -0.2) is 70.0 Å². The van der Waals surface area contributed by atoms with Gasteiger partial charge in [-0.1, -0.05) is 60.3 Å². The number of aromatic nitrogens is 2. The van der Waals surface area contributed by atoms with Crippen LogP contribution in [0.2, 0.25) is 0 Å². The number of carbonyl (C=O) groups excluding carboxylic acids is 2. The van der Waals surface area contributed by atoms with Gasteiger partial charge in [-0.25, -0.2) is 4.98 Å². The molecule has 182 valence electrons. The number of nitrogens with zero attached hydrogens (tertiary/aromatic N) is 4. The third-order valence-corrected chi connectivity index (χ3v) is 7.26. The molecule has 0 bridgehead atoms. The van der Waals surface area contributed by atoms with E-state index in [4.69, 9.17) is 4.98 Å². The van der Waals surface area contributed by atoms with E-state index in [1.54, 1.807) is 30.3 Å². The van der Waals surface area contributed by atoms with Gasteiger partial charge in [0.25, 0.3) is 11.5 Å². The highest BCUT2D eigenvalue weighted by Crippen LogP contribution is 2.23. The number of para-hydroxylation sites is 1. The number of thioether (sulfide) groups is 1. The van der Waals surface area contributed by atoms with Crippen LogP contribution in [0.4, 0.5) is 0 Å². The van der Waals surface area contributed by atoms with Crippen LogP contribution in [-0.2, 0) is 0 Å². The molecule has 1 aromatic heterocycles. The lowest BCUT2D eigenvalue weighted by Gasteiger charge is -2.32. The fraction of sp³-hybridized carbons (Fsp3) is 0.214. The Balaban J connectivity index is 1.53. The second kappa shape index (κ2) is 10.5. The molecule has 0 unspecified atom stereocenters. The highest BCUT2D eigenvalue weighted by atomic mass is 32.2. The van der Waals surface area contributed by atoms with Crippen molar-refractivity contribution < 1.29 is 9.59 Å². The summed E-state index contributed by atoms with van der Waals surface area (Å²) in [6, 6.07) is 23.4. The van der Waals surface area contributed by atoms with E-state index in [-0.39, 0.29) is 23.0 Å². The molecule has 1 fully saturated rings. The Morgan fingerprint density at radius 3 is 2.22 bits per heavy atom. The van der Waals surface area contributed by atoms with E-state index in [1.807, 2.05) is 60.5 Å². The Morgan fingerprint density at radius 1 is 0.861 bits per heavy atom. The summed E-state index contributed by atoms with van der Waals surface area (Å²) < 4.78 is 1.53. The summed E-state index contributed by atoms with van der Waals surface area (Å²) in [5, 5.41) is 0.833. The van der Waals surface area contributed by atoms with Crippen LogP contribution in [0, 0.1) is 0 Å². The number of hydrogen-bond acceptors (Lipinski definition) is 6. The molecule has 0 N–H and O–H groups in total. The fourth-order valence-corrected chi connectivity index (χ4v) is 5.14. The molecule has 0 radical (unpaired) electrons. The van der Waals surface area contributed by atoms with Crippen LogP contribution < -0.4 is 5.56 Å². The predicted molar refractivity (Wildman–Crippen MR) is 142 cm³/mol. The van der Waals surface area contributed by atoms with E-state index in [1.165, 1.54) is 16.3 Å². The summed E-state index contributed by atoms with van der Waals surface area (Å²) in [5.41, 5.74) is 2.00. The van der Waals surface area contributed by atoms with E-state index in [0.29, 0.717) is 46.0 Å². The van der Waals surface area contributed by atoms with Crippen molar-refractivity contribution in [3.63, 3.8) is 0 Å². The highest BCUT2D eigenvalue weighted by molar-refractivity contribution is 7.99. The van der Waals surface area contributed by atoms with Crippen molar-refractivity contribution in [3.8, 4) is 5.69 Å². The number of likely N-dealkylation sites (N-methyl/N-ethyl adjacent to an activating group) is 1. The van der Waals surface area contributed by atoms with E-state index < -0.39 is 0 Å². The third kappa shape index (κ3) is 4.96. The van der Waals surface area contributed by atoms with Crippen LogP contribution in [0.25, 0.3) is 16.6 Å². The monoisotopic (exact) mass is 498 g/mol. The Morgan fingerprint density at radius 2 is 1.53 bits per heavy atom. The molecule has 4 aromatic rings. The topological polar surface area (TPSA) is 75.5 Å². The normalized spacial score (nSPS) is 14.2. The van der Waals surface area contributed by atoms with E-state index in [9.17, 15) is 14.4 Å². The first kappa shape index (κ1) is 24.0. The molecule has 1 saturated heterocycles. The van der Waals surface area contributed by atoms with Gasteiger partial charge < -0.3 is 9.80 Å². The summed E-state index contributed by atoms with van der Waals surface area (Å²) in [6.45, 7) is 2.99. The zero-order chi connectivity index (χ0) is 25.1. The van der Waals surface area contributed by atoms with Crippen LogP contribution in [0.3, 0.4) is 0 Å². The maximum Gasteiger partial charge on any atom is 0.266 e. The van der Waals surface area contributed by atoms with E-state index in [0.717, 1.165) is 13.1 Å². The minimum atomic E-state index is -0.237. The lowest BCUT2D eigenvalue weighted by Crippen LogP contribution is -2.47. The molecular weight excluding hydrogens is 472 g/mol. The number of amides is 1. The quantitative estimate of drug-likeness (QED) is 0.229. The van der Waals surface area contributed by atoms with Crippen molar-refractivity contribution in [1.29, 1.82) is 0 Å². The van der Waals surface area contributed by atoms with Gasteiger partial charge in [0.15, 0.2) is 10.9 Å². The molecular formula is C28H26N4O3S. The van der Waals surface area contributed by atoms with Crippen molar-refractivity contribution in [2.75, 3.05) is 39.0 Å². The first-order chi connectivity index (χ1) is 17.5. The molecule has 36 heavy (non-hydrogen) atoms. The van der Waals surface area contributed by atoms with Crippen molar-refractivity contribution >= 4 is 34.4 Å². The molecule has 7 nitrogen and oxygen atoms in total. The molecule has 0 spiro atoms. The summed E-state index contributed by atoms with van der Waals surface area (Å²) in [4.78, 5) is 48.3. The number of benzene rings is 3. The van der Waals surface area contributed by atoms with Gasteiger partial charge in [0.2, 0.25) is 0 Å². The largest absolute Gasteiger partial charge is 0.336 e. The molecule has 1 amide bonds. The van der Waals surface area contributed by atoms with Gasteiger partial charge in [-0.15, -0.1) is 0 Å². The average Bonchev–Trinajstić information content (AvgIpc) is 2.92. The zero-order valence-electron chi connectivity index (χ0n) is 20.0. The predicted octanol–water partition coefficient (Wildman–Crippen LogP) is 3.75. The maximum absolute atomic E-state index is 13.6. The van der Waals surface area contributed by atoms with Crippen LogP contribution in [0.15, 0.2) is 88.8 Å². The summed E-state index contributed by atoms with van der Waals surface area (Å²) >= 11 is 1.22. The number of hydrogen-bond donors (Lipinski definition) is 0. The Labute approximate surface area is 213 Å². The average molecular weight is 499 g/mol. The smallest absolute Gasteiger partial charge is 0.266 e. The zero-order valence-corrected chi connectivity index (χ0v) is 20.8. The van der Waals surface area contributed by atoms with Gasteiger partial charge in [-0.2, -0.15) is 0 Å². The van der Waals surface area contributed by atoms with Gasteiger partial charge in [-0.05, 0) is 37.4 Å². The summed E-state index contributed by atoms with van der Waals surface area (Å²) in [7, 11) is 2.04. The van der Waals surface area contributed by atoms with E-state index in [2.05, 4.69) is 4.90 Å². The van der Waals surface area contributed by atoms with Crippen molar-refractivity contribution in [1.82, 2.24) is 19.4 Å². The second-order valence-electron chi connectivity index (χ2n) is 8.78. The molecule has 3 aromatic carbocycles. The molecule has 8 heteroatoms. The van der Waals surface area contributed by atoms with Gasteiger partial charge >= 0.3 is 0 Å². The molecule has 0 atom stereocenters. The minimum Gasteiger partial charge on any atom is -0.336 e. The van der Waals surface area contributed by atoms with Crippen molar-refractivity contribution in [3.05, 3.63) is 100 Å². The Bertz CT molecular complexity index is 1460. The number of Topliss-reactive ketones (excluding diaryl/α,β-unsaturated/α-hetero) is 1. The van der Waals surface area contributed by atoms with Gasteiger partial charge in [0.1, 0.15) is 0 Å². The highest BCUT2D eigenvalue weighted by Gasteiger charge is 2.22. The number of ketones is 1. The SMILES string of the molecule is CN1CCN(C(=O)c2ccc3c(=O)n(-c4ccccc4)c(SCC(=O)c4ccccc4)nc3c2)CC1. The second-order valence-corrected chi connectivity index (χ2v) is 9.72. The molecule has 5 rings (SSSR count). The van der Waals surface area contributed by atoms with Crippen LogP contribution in [0.1, 0.15) is 20.7 Å². The number of rotatable bonds is 6. The summed E-state index contributed by atoms with van der Waals surface area (Å²) in [5.74, 6) is 0.0235. The third-order valence-electron chi connectivity index (χ3n) is 6.32. The molecule has 0 aliphatic carbocycles. The lowest BCUT2D eigenvalue weighted by atomic mass is 10.1. The van der Waals surface area contributed by atoms with Gasteiger partial charge in [-0.3, -0.25) is 19.0 Å². The van der Waals surface area contributed by atoms with Crippen LogP contribution in [0.5, 0.6) is 0 Å². The first-order valence-corrected chi connectivity index (χ1v) is 12.8. The fourth-order valence-electron chi connectivity index (χ4n) is 4.23. The van der Waals surface area contributed by atoms with E-state index >= 15 is 0 Å². The number of piperazine rings is 1. The standard InChI is InChI=1S/C28H26N4O3S/c1-30-14-16-31(17-15-30)26(34)21-12-13-23-24(18-21)29-28(32(27(23)35)22-10-6-3-7-11-22)36-19-25(33)20-8-4-2-5-9-20/h2-13,18H,14-17,19H2,1H3.